The molecule has 2 fully saturated rings. The molecular formula is C18H29Cl2FN2O. The van der Waals surface area contributed by atoms with Gasteiger partial charge in [0.05, 0.1) is 0 Å². The van der Waals surface area contributed by atoms with E-state index in [2.05, 4.69) is 10.6 Å². The molecule has 0 aromatic heterocycles. The van der Waals surface area contributed by atoms with Crippen LogP contribution in [0.3, 0.4) is 0 Å². The van der Waals surface area contributed by atoms with Gasteiger partial charge in [-0.3, -0.25) is 0 Å². The molecule has 0 radical (unpaired) electrons. The molecule has 2 N–H and O–H groups in total. The Morgan fingerprint density at radius 3 is 2.42 bits per heavy atom. The highest BCUT2D eigenvalue weighted by atomic mass is 35.5. The van der Waals surface area contributed by atoms with Gasteiger partial charge in [-0.15, -0.1) is 24.8 Å². The van der Waals surface area contributed by atoms with Crippen molar-refractivity contribution in [2.24, 2.45) is 5.41 Å². The smallest absolute Gasteiger partial charge is 0.165 e. The number of rotatable bonds is 5. The van der Waals surface area contributed by atoms with Crippen LogP contribution < -0.4 is 15.4 Å². The maximum Gasteiger partial charge on any atom is 0.165 e. The SMILES string of the molecule is Cl.Cl.Fc1ccccc1OCCNC1CCC2(CCNCC2)CC1. The van der Waals surface area contributed by atoms with Gasteiger partial charge in [0.2, 0.25) is 0 Å². The number of para-hydroxylation sites is 1. The van der Waals surface area contributed by atoms with Crippen LogP contribution in [0.1, 0.15) is 38.5 Å². The Morgan fingerprint density at radius 1 is 1.08 bits per heavy atom. The zero-order chi connectivity index (χ0) is 15.3. The standard InChI is InChI=1S/C18H27FN2O.2ClH/c19-16-3-1-2-4-17(16)22-14-13-21-15-5-7-18(8-6-15)9-11-20-12-10-18;;/h1-4,15,20-21H,5-14H2;2*1H. The summed E-state index contributed by atoms with van der Waals surface area (Å²) in [6.07, 6.45) is 7.91. The topological polar surface area (TPSA) is 33.3 Å². The van der Waals surface area contributed by atoms with Crippen LogP contribution in [0, 0.1) is 11.2 Å². The normalized spacial score (nSPS) is 20.0. The van der Waals surface area contributed by atoms with Gasteiger partial charge in [0.15, 0.2) is 11.6 Å². The van der Waals surface area contributed by atoms with Gasteiger partial charge in [-0.05, 0) is 69.2 Å². The van der Waals surface area contributed by atoms with Crippen LogP contribution in [0.25, 0.3) is 0 Å². The molecule has 6 heteroatoms. The second kappa shape index (κ2) is 10.4. The van der Waals surface area contributed by atoms with Crippen LogP contribution in [0.5, 0.6) is 5.75 Å². The fourth-order valence-corrected chi connectivity index (χ4v) is 3.88. The van der Waals surface area contributed by atoms with Gasteiger partial charge in [0.1, 0.15) is 6.61 Å². The van der Waals surface area contributed by atoms with Gasteiger partial charge in [-0.1, -0.05) is 12.1 Å². The number of ether oxygens (including phenoxy) is 1. The highest BCUT2D eigenvalue weighted by Crippen LogP contribution is 2.43. The minimum Gasteiger partial charge on any atom is -0.489 e. The maximum atomic E-state index is 13.4. The predicted octanol–water partition coefficient (Wildman–Crippen LogP) is 3.95. The Kier molecular flexibility index (Phi) is 9.35. The largest absolute Gasteiger partial charge is 0.489 e. The van der Waals surface area contributed by atoms with Gasteiger partial charge >= 0.3 is 0 Å². The monoisotopic (exact) mass is 378 g/mol. The van der Waals surface area contributed by atoms with E-state index in [-0.39, 0.29) is 30.6 Å². The molecule has 1 aromatic carbocycles. The summed E-state index contributed by atoms with van der Waals surface area (Å²) in [5, 5.41) is 7.04. The molecule has 1 spiro atoms. The fraction of sp³-hybridized carbons (Fsp3) is 0.667. The summed E-state index contributed by atoms with van der Waals surface area (Å²) in [6.45, 7) is 3.68. The summed E-state index contributed by atoms with van der Waals surface area (Å²) in [5.74, 6) is 0.0645. The Labute approximate surface area is 156 Å². The Morgan fingerprint density at radius 2 is 1.75 bits per heavy atom. The molecule has 3 rings (SSSR count). The Balaban J connectivity index is 0.00000144. The third-order valence-electron chi connectivity index (χ3n) is 5.34. The van der Waals surface area contributed by atoms with Crippen molar-refractivity contribution in [3.63, 3.8) is 0 Å². The van der Waals surface area contributed by atoms with Crippen LogP contribution >= 0.6 is 24.8 Å². The van der Waals surface area contributed by atoms with E-state index in [9.17, 15) is 4.39 Å². The Bertz CT molecular complexity index is 474. The first-order valence-corrected chi connectivity index (χ1v) is 8.59. The van der Waals surface area contributed by atoms with E-state index in [1.54, 1.807) is 18.2 Å². The van der Waals surface area contributed by atoms with Gasteiger partial charge in [0.25, 0.3) is 0 Å². The third kappa shape index (κ3) is 5.76. The number of benzene rings is 1. The molecule has 0 bridgehead atoms. The fourth-order valence-electron chi connectivity index (χ4n) is 3.88. The molecule has 2 aliphatic rings. The van der Waals surface area contributed by atoms with Crippen molar-refractivity contribution in [3.05, 3.63) is 30.1 Å². The lowest BCUT2D eigenvalue weighted by molar-refractivity contribution is 0.114. The van der Waals surface area contributed by atoms with Crippen molar-refractivity contribution in [1.29, 1.82) is 0 Å². The van der Waals surface area contributed by atoms with Crippen molar-refractivity contribution in [3.8, 4) is 5.75 Å². The maximum absolute atomic E-state index is 13.4. The van der Waals surface area contributed by atoms with E-state index in [0.29, 0.717) is 23.8 Å². The molecule has 24 heavy (non-hydrogen) atoms. The summed E-state index contributed by atoms with van der Waals surface area (Å²) in [7, 11) is 0. The molecule has 0 unspecified atom stereocenters. The molecule has 138 valence electrons. The predicted molar refractivity (Wildman–Crippen MR) is 101 cm³/mol. The van der Waals surface area contributed by atoms with Crippen LogP contribution in [0.15, 0.2) is 24.3 Å². The molecule has 1 saturated heterocycles. The van der Waals surface area contributed by atoms with Crippen LogP contribution in [0.2, 0.25) is 0 Å². The minimum absolute atomic E-state index is 0. The highest BCUT2D eigenvalue weighted by molar-refractivity contribution is 5.85. The van der Waals surface area contributed by atoms with Crippen molar-refractivity contribution < 1.29 is 9.13 Å². The van der Waals surface area contributed by atoms with Gasteiger partial charge < -0.3 is 15.4 Å². The lowest BCUT2D eigenvalue weighted by atomic mass is 9.67. The molecule has 1 aliphatic carbocycles. The van der Waals surface area contributed by atoms with Gasteiger partial charge in [-0.25, -0.2) is 4.39 Å². The first kappa shape index (κ1) is 21.5. The van der Waals surface area contributed by atoms with E-state index in [1.807, 2.05) is 0 Å². The number of hydrogen-bond donors (Lipinski definition) is 2. The molecule has 0 amide bonds. The van der Waals surface area contributed by atoms with Gasteiger partial charge in [-0.2, -0.15) is 0 Å². The zero-order valence-corrected chi connectivity index (χ0v) is 15.7. The van der Waals surface area contributed by atoms with Crippen LogP contribution in [-0.2, 0) is 0 Å². The highest BCUT2D eigenvalue weighted by Gasteiger charge is 2.35. The zero-order valence-electron chi connectivity index (χ0n) is 14.1. The second-order valence-corrected chi connectivity index (χ2v) is 6.76. The minimum atomic E-state index is -0.284. The quantitative estimate of drug-likeness (QED) is 0.760. The first-order valence-electron chi connectivity index (χ1n) is 8.59. The Hall–Kier alpha value is -0.550. The third-order valence-corrected chi connectivity index (χ3v) is 5.34. The van der Waals surface area contributed by atoms with E-state index in [4.69, 9.17) is 4.74 Å². The molecule has 0 atom stereocenters. The summed E-state index contributed by atoms with van der Waals surface area (Å²) >= 11 is 0. The molecule has 3 nitrogen and oxygen atoms in total. The molecule has 1 aliphatic heterocycles. The van der Waals surface area contributed by atoms with Gasteiger partial charge in [0, 0.05) is 12.6 Å². The van der Waals surface area contributed by atoms with E-state index >= 15 is 0 Å². The van der Waals surface area contributed by atoms with Crippen molar-refractivity contribution in [1.82, 2.24) is 10.6 Å². The van der Waals surface area contributed by atoms with Crippen molar-refractivity contribution >= 4 is 24.8 Å². The first-order chi connectivity index (χ1) is 10.8. The molecule has 1 heterocycles. The molecule has 1 saturated carbocycles. The van der Waals surface area contributed by atoms with E-state index in [0.717, 1.165) is 6.54 Å². The average molecular weight is 379 g/mol. The number of halogens is 3. The van der Waals surface area contributed by atoms with Crippen LogP contribution in [-0.4, -0.2) is 32.3 Å². The van der Waals surface area contributed by atoms with Crippen molar-refractivity contribution in [2.75, 3.05) is 26.2 Å². The summed E-state index contributed by atoms with van der Waals surface area (Å²) < 4.78 is 18.9. The summed E-state index contributed by atoms with van der Waals surface area (Å²) in [5.41, 5.74) is 0.618. The summed E-state index contributed by atoms with van der Waals surface area (Å²) in [4.78, 5) is 0. The second-order valence-electron chi connectivity index (χ2n) is 6.76. The average Bonchev–Trinajstić information content (AvgIpc) is 2.56. The molecule has 1 aromatic rings. The van der Waals surface area contributed by atoms with E-state index in [1.165, 1.54) is 57.7 Å². The number of nitrogens with one attached hydrogen (secondary N) is 2. The van der Waals surface area contributed by atoms with Crippen LogP contribution in [0.4, 0.5) is 4.39 Å². The summed E-state index contributed by atoms with van der Waals surface area (Å²) in [6, 6.07) is 7.19. The van der Waals surface area contributed by atoms with E-state index < -0.39 is 0 Å². The number of piperidine rings is 1. The van der Waals surface area contributed by atoms with Crippen molar-refractivity contribution in [2.45, 2.75) is 44.6 Å². The molecular weight excluding hydrogens is 350 g/mol. The lowest BCUT2D eigenvalue weighted by Gasteiger charge is -2.43. The number of hydrogen-bond acceptors (Lipinski definition) is 3. The lowest BCUT2D eigenvalue weighted by Crippen LogP contribution is -2.43.